The van der Waals surface area contributed by atoms with E-state index in [0.29, 0.717) is 4.90 Å². The molecular weight excluding hydrogens is 248 g/mol. The molecule has 0 aliphatic rings. The Morgan fingerprint density at radius 2 is 1.83 bits per heavy atom. The summed E-state index contributed by atoms with van der Waals surface area (Å²) in [5.74, 6) is 0. The Kier molecular flexibility index (Phi) is 3.68. The normalized spacial score (nSPS) is 11.9. The smallest absolute Gasteiger partial charge is 0.270 e. The molecule has 0 unspecified atom stereocenters. The van der Waals surface area contributed by atoms with Gasteiger partial charge >= 0.3 is 0 Å². The molecule has 0 bridgehead atoms. The first-order chi connectivity index (χ1) is 8.60. The highest BCUT2D eigenvalue weighted by atomic mass is 32.2. The average Bonchev–Trinajstić information content (AvgIpc) is 2.38. The van der Waals surface area contributed by atoms with Crippen molar-refractivity contribution in [2.24, 2.45) is 0 Å². The molecule has 2 rings (SSSR count). The van der Waals surface area contributed by atoms with Gasteiger partial charge in [0.2, 0.25) is 0 Å². The lowest BCUT2D eigenvalue weighted by atomic mass is 10.0. The first-order valence-electron chi connectivity index (χ1n) is 5.91. The molecule has 18 heavy (non-hydrogen) atoms. The summed E-state index contributed by atoms with van der Waals surface area (Å²) in [6.45, 7) is 2.03. The molecule has 0 saturated heterocycles. The van der Waals surface area contributed by atoms with Gasteiger partial charge < -0.3 is 0 Å². The Labute approximate surface area is 108 Å². The molecule has 2 aromatic rings. The van der Waals surface area contributed by atoms with E-state index < -0.39 is 10.1 Å². The minimum Gasteiger partial charge on any atom is -0.270 e. The van der Waals surface area contributed by atoms with Crippen molar-refractivity contribution in [2.45, 2.75) is 24.7 Å². The molecular formula is C14H16O3S. The van der Waals surface area contributed by atoms with E-state index in [4.69, 9.17) is 4.18 Å². The fraction of sp³-hybridized carbons (Fsp3) is 0.286. The van der Waals surface area contributed by atoms with Gasteiger partial charge in [-0.15, -0.1) is 0 Å². The van der Waals surface area contributed by atoms with E-state index in [1.54, 1.807) is 0 Å². The monoisotopic (exact) mass is 264 g/mol. The summed E-state index contributed by atoms with van der Waals surface area (Å²) in [4.78, 5) is 0.310. The zero-order chi connectivity index (χ0) is 13.2. The Morgan fingerprint density at radius 1 is 1.11 bits per heavy atom. The highest BCUT2D eigenvalue weighted by molar-refractivity contribution is 7.87. The molecule has 0 spiro atoms. The topological polar surface area (TPSA) is 43.4 Å². The predicted molar refractivity (Wildman–Crippen MR) is 72.1 cm³/mol. The Bertz CT molecular complexity index is 660. The van der Waals surface area contributed by atoms with Crippen LogP contribution in [0.4, 0.5) is 0 Å². The van der Waals surface area contributed by atoms with E-state index in [1.165, 1.54) is 7.11 Å². The SMILES string of the molecule is CCCc1ccc2ccccc2c1S(=O)(=O)OC. The third-order valence-electron chi connectivity index (χ3n) is 2.95. The molecule has 0 aliphatic carbocycles. The van der Waals surface area contributed by atoms with Gasteiger partial charge in [-0.1, -0.05) is 49.7 Å². The summed E-state index contributed by atoms with van der Waals surface area (Å²) in [7, 11) is -2.48. The van der Waals surface area contributed by atoms with Crippen LogP contribution in [0.15, 0.2) is 41.3 Å². The van der Waals surface area contributed by atoms with Gasteiger partial charge in [-0.3, -0.25) is 4.18 Å². The van der Waals surface area contributed by atoms with Crippen molar-refractivity contribution in [1.82, 2.24) is 0 Å². The summed E-state index contributed by atoms with van der Waals surface area (Å²) in [6, 6.07) is 11.3. The van der Waals surface area contributed by atoms with Crippen LogP contribution in [0.3, 0.4) is 0 Å². The standard InChI is InChI=1S/C14H16O3S/c1-3-6-12-10-9-11-7-4-5-8-13(11)14(12)18(15,16)17-2/h4-5,7-10H,3,6H2,1-2H3. The van der Waals surface area contributed by atoms with Crippen molar-refractivity contribution in [2.75, 3.05) is 7.11 Å². The highest BCUT2D eigenvalue weighted by Gasteiger charge is 2.20. The van der Waals surface area contributed by atoms with E-state index in [1.807, 2.05) is 43.3 Å². The van der Waals surface area contributed by atoms with Crippen molar-refractivity contribution in [3.05, 3.63) is 42.0 Å². The molecule has 0 aromatic heterocycles. The number of hydrogen-bond donors (Lipinski definition) is 0. The second-order valence-corrected chi connectivity index (χ2v) is 5.80. The average molecular weight is 264 g/mol. The molecule has 0 saturated carbocycles. The van der Waals surface area contributed by atoms with Gasteiger partial charge in [-0.05, 0) is 17.4 Å². The van der Waals surface area contributed by atoms with E-state index in [9.17, 15) is 8.42 Å². The van der Waals surface area contributed by atoms with Crippen LogP contribution < -0.4 is 0 Å². The lowest BCUT2D eigenvalue weighted by Gasteiger charge is -2.11. The fourth-order valence-electron chi connectivity index (χ4n) is 2.13. The lowest BCUT2D eigenvalue weighted by Crippen LogP contribution is -2.07. The maximum Gasteiger partial charge on any atom is 0.297 e. The quantitative estimate of drug-likeness (QED) is 0.797. The molecule has 0 atom stereocenters. The second kappa shape index (κ2) is 5.08. The van der Waals surface area contributed by atoms with E-state index in [-0.39, 0.29) is 0 Å². The first kappa shape index (κ1) is 13.1. The number of benzene rings is 2. The van der Waals surface area contributed by atoms with Crippen molar-refractivity contribution in [1.29, 1.82) is 0 Å². The van der Waals surface area contributed by atoms with Gasteiger partial charge in [0.25, 0.3) is 10.1 Å². The first-order valence-corrected chi connectivity index (χ1v) is 7.32. The van der Waals surface area contributed by atoms with Gasteiger partial charge in [0.15, 0.2) is 0 Å². The van der Waals surface area contributed by atoms with Crippen LogP contribution in [0.5, 0.6) is 0 Å². The van der Waals surface area contributed by atoms with E-state index in [2.05, 4.69) is 0 Å². The van der Waals surface area contributed by atoms with Gasteiger partial charge in [0.05, 0.1) is 7.11 Å². The van der Waals surface area contributed by atoms with Gasteiger partial charge in [-0.2, -0.15) is 8.42 Å². The van der Waals surface area contributed by atoms with Gasteiger partial charge in [0.1, 0.15) is 4.90 Å². The van der Waals surface area contributed by atoms with Crippen LogP contribution in [0.2, 0.25) is 0 Å². The molecule has 0 radical (unpaired) electrons. The van der Waals surface area contributed by atoms with Gasteiger partial charge in [0, 0.05) is 5.39 Å². The van der Waals surface area contributed by atoms with Crippen LogP contribution in [0.25, 0.3) is 10.8 Å². The van der Waals surface area contributed by atoms with Crippen LogP contribution >= 0.6 is 0 Å². The molecule has 2 aromatic carbocycles. The van der Waals surface area contributed by atoms with Crippen molar-refractivity contribution < 1.29 is 12.6 Å². The van der Waals surface area contributed by atoms with Gasteiger partial charge in [-0.25, -0.2) is 0 Å². The third kappa shape index (κ3) is 2.26. The molecule has 3 nitrogen and oxygen atoms in total. The largest absolute Gasteiger partial charge is 0.297 e. The molecule has 96 valence electrons. The minimum atomic E-state index is -3.68. The zero-order valence-corrected chi connectivity index (χ0v) is 11.3. The summed E-state index contributed by atoms with van der Waals surface area (Å²) in [5.41, 5.74) is 0.818. The number of aryl methyl sites for hydroxylation is 1. The number of fused-ring (bicyclic) bond motifs is 1. The number of hydrogen-bond acceptors (Lipinski definition) is 3. The Hall–Kier alpha value is -1.39. The molecule has 0 fully saturated rings. The third-order valence-corrected chi connectivity index (χ3v) is 4.37. The highest BCUT2D eigenvalue weighted by Crippen LogP contribution is 2.28. The predicted octanol–water partition coefficient (Wildman–Crippen LogP) is 3.13. The fourth-order valence-corrected chi connectivity index (χ4v) is 3.25. The maximum absolute atomic E-state index is 12.1. The molecule has 0 heterocycles. The van der Waals surface area contributed by atoms with Crippen LogP contribution in [0, 0.1) is 0 Å². The van der Waals surface area contributed by atoms with Crippen LogP contribution in [-0.2, 0) is 20.7 Å². The summed E-state index contributed by atoms with van der Waals surface area (Å²) in [6.07, 6.45) is 1.62. The molecule has 0 N–H and O–H groups in total. The second-order valence-electron chi connectivity index (χ2n) is 4.15. The zero-order valence-electron chi connectivity index (χ0n) is 10.5. The minimum absolute atomic E-state index is 0.310. The van der Waals surface area contributed by atoms with Crippen molar-refractivity contribution in [3.63, 3.8) is 0 Å². The van der Waals surface area contributed by atoms with Crippen molar-refractivity contribution >= 4 is 20.9 Å². The number of rotatable bonds is 4. The van der Waals surface area contributed by atoms with E-state index in [0.717, 1.165) is 29.2 Å². The van der Waals surface area contributed by atoms with E-state index >= 15 is 0 Å². The van der Waals surface area contributed by atoms with Crippen molar-refractivity contribution in [3.8, 4) is 0 Å². The summed E-state index contributed by atoms with van der Waals surface area (Å²) < 4.78 is 28.9. The Balaban J connectivity index is 2.83. The summed E-state index contributed by atoms with van der Waals surface area (Å²) in [5, 5.41) is 1.64. The Morgan fingerprint density at radius 3 is 2.50 bits per heavy atom. The molecule has 0 aliphatic heterocycles. The van der Waals surface area contributed by atoms with Crippen LogP contribution in [0.1, 0.15) is 18.9 Å². The summed E-state index contributed by atoms with van der Waals surface area (Å²) >= 11 is 0. The maximum atomic E-state index is 12.1. The van der Waals surface area contributed by atoms with Crippen LogP contribution in [-0.4, -0.2) is 15.5 Å². The molecule has 4 heteroatoms. The lowest BCUT2D eigenvalue weighted by molar-refractivity contribution is 0.398. The molecule has 0 amide bonds.